The molecule has 1 N–H and O–H groups in total. The Morgan fingerprint density at radius 1 is 1.44 bits per heavy atom. The quantitative estimate of drug-likeness (QED) is 0.815. The summed E-state index contributed by atoms with van der Waals surface area (Å²) in [4.78, 5) is 0. The summed E-state index contributed by atoms with van der Waals surface area (Å²) in [6.07, 6.45) is 4.71. The first-order valence-corrected chi connectivity index (χ1v) is 7.08. The highest BCUT2D eigenvalue weighted by molar-refractivity contribution is 6.30. The molecule has 2 atom stereocenters. The molecule has 1 aromatic rings. The Bertz CT molecular complexity index is 419. The Kier molecular flexibility index (Phi) is 4.18. The molecule has 18 heavy (non-hydrogen) atoms. The van der Waals surface area contributed by atoms with Crippen molar-refractivity contribution in [1.82, 2.24) is 0 Å². The summed E-state index contributed by atoms with van der Waals surface area (Å²) in [5.41, 5.74) is 0.561. The summed E-state index contributed by atoms with van der Waals surface area (Å²) < 4.78 is 6.07. The molecule has 2 nitrogen and oxygen atoms in total. The number of ether oxygens (including phenoxy) is 1. The summed E-state index contributed by atoms with van der Waals surface area (Å²) >= 11 is 5.95. The zero-order valence-corrected chi connectivity index (χ0v) is 11.8. The highest BCUT2D eigenvalue weighted by atomic mass is 35.5. The van der Waals surface area contributed by atoms with Crippen LogP contribution < -0.4 is 4.74 Å². The number of benzene rings is 1. The van der Waals surface area contributed by atoms with Crippen LogP contribution in [0, 0.1) is 0 Å². The molecule has 0 aromatic heterocycles. The maximum Gasteiger partial charge on any atom is 0.126 e. The van der Waals surface area contributed by atoms with Crippen molar-refractivity contribution >= 4 is 11.6 Å². The van der Waals surface area contributed by atoms with E-state index in [4.69, 9.17) is 16.3 Å². The molecule has 100 valence electrons. The summed E-state index contributed by atoms with van der Waals surface area (Å²) in [5.74, 6) is 0.775. The zero-order chi connectivity index (χ0) is 13.2. The van der Waals surface area contributed by atoms with E-state index in [1.807, 2.05) is 12.1 Å². The van der Waals surface area contributed by atoms with Crippen LogP contribution in [0.2, 0.25) is 5.02 Å². The van der Waals surface area contributed by atoms with Gasteiger partial charge >= 0.3 is 0 Å². The molecule has 1 aliphatic rings. The van der Waals surface area contributed by atoms with Gasteiger partial charge < -0.3 is 9.84 Å². The lowest BCUT2D eigenvalue weighted by Crippen LogP contribution is -2.38. The fourth-order valence-corrected chi connectivity index (χ4v) is 2.78. The Morgan fingerprint density at radius 2 is 2.22 bits per heavy atom. The predicted octanol–water partition coefficient (Wildman–Crippen LogP) is 4.49. The van der Waals surface area contributed by atoms with Gasteiger partial charge in [-0.1, -0.05) is 31.4 Å². The molecule has 0 radical (unpaired) electrons. The number of fused-ring (bicyclic) bond motifs is 1. The minimum Gasteiger partial charge on any atom is -0.487 e. The van der Waals surface area contributed by atoms with Crippen molar-refractivity contribution in [2.45, 2.75) is 57.7 Å². The van der Waals surface area contributed by atoms with Crippen LogP contribution in [0.4, 0.5) is 0 Å². The van der Waals surface area contributed by atoms with Gasteiger partial charge in [0.25, 0.3) is 0 Å². The zero-order valence-electron chi connectivity index (χ0n) is 11.1. The fraction of sp³-hybridized carbons (Fsp3) is 0.600. The molecular weight excluding hydrogens is 248 g/mol. The molecule has 1 heterocycles. The number of unbranched alkanes of at least 4 members (excludes halogenated alkanes) is 2. The van der Waals surface area contributed by atoms with Crippen molar-refractivity contribution in [1.29, 1.82) is 0 Å². The van der Waals surface area contributed by atoms with Crippen LogP contribution in [-0.2, 0) is 0 Å². The minimum absolute atomic E-state index is 0.255. The molecule has 3 heteroatoms. The number of halogens is 1. The van der Waals surface area contributed by atoms with Gasteiger partial charge in [0.2, 0.25) is 0 Å². The Hall–Kier alpha value is -0.730. The average molecular weight is 269 g/mol. The second-order valence-electron chi connectivity index (χ2n) is 5.41. The van der Waals surface area contributed by atoms with Gasteiger partial charge in [-0.15, -0.1) is 0 Å². The Morgan fingerprint density at radius 3 is 2.94 bits per heavy atom. The summed E-state index contributed by atoms with van der Waals surface area (Å²) in [5, 5.41) is 10.9. The molecule has 0 spiro atoms. The van der Waals surface area contributed by atoms with E-state index in [0.29, 0.717) is 11.4 Å². The van der Waals surface area contributed by atoms with E-state index in [1.54, 1.807) is 6.07 Å². The molecule has 1 unspecified atom stereocenters. The number of aliphatic hydroxyl groups excluding tert-OH is 1. The SMILES string of the molecule is CCCCCC1(C)C[C@@H](O)c2cc(Cl)ccc2O1. The van der Waals surface area contributed by atoms with E-state index in [0.717, 1.165) is 24.2 Å². The highest BCUT2D eigenvalue weighted by Gasteiger charge is 2.36. The molecule has 0 saturated heterocycles. The van der Waals surface area contributed by atoms with Gasteiger partial charge in [-0.05, 0) is 38.0 Å². The summed E-state index contributed by atoms with van der Waals surface area (Å²) in [7, 11) is 0. The van der Waals surface area contributed by atoms with Crippen LogP contribution in [0.3, 0.4) is 0 Å². The standard InChI is InChI=1S/C15H21ClO2/c1-3-4-5-8-15(2)10-13(17)12-9-11(16)6-7-14(12)18-15/h6-7,9,13,17H,3-5,8,10H2,1-2H3/t13-,15?/m1/s1. The van der Waals surface area contributed by atoms with E-state index in [2.05, 4.69) is 13.8 Å². The number of hydrogen-bond acceptors (Lipinski definition) is 2. The van der Waals surface area contributed by atoms with Crippen molar-refractivity contribution in [3.05, 3.63) is 28.8 Å². The van der Waals surface area contributed by atoms with Gasteiger partial charge in [0.15, 0.2) is 0 Å². The average Bonchev–Trinajstić information content (AvgIpc) is 2.31. The molecule has 0 bridgehead atoms. The van der Waals surface area contributed by atoms with Crippen LogP contribution in [0.15, 0.2) is 18.2 Å². The van der Waals surface area contributed by atoms with E-state index < -0.39 is 6.10 Å². The van der Waals surface area contributed by atoms with Crippen LogP contribution in [-0.4, -0.2) is 10.7 Å². The van der Waals surface area contributed by atoms with Crippen LogP contribution in [0.5, 0.6) is 5.75 Å². The second kappa shape index (κ2) is 5.50. The third-order valence-electron chi connectivity index (χ3n) is 3.62. The minimum atomic E-state index is -0.473. The molecule has 0 saturated carbocycles. The van der Waals surface area contributed by atoms with Gasteiger partial charge in [0.05, 0.1) is 6.10 Å². The van der Waals surface area contributed by atoms with Crippen molar-refractivity contribution in [2.24, 2.45) is 0 Å². The van der Waals surface area contributed by atoms with Crippen molar-refractivity contribution in [3.8, 4) is 5.75 Å². The van der Waals surface area contributed by atoms with Gasteiger partial charge in [-0.25, -0.2) is 0 Å². The summed E-state index contributed by atoms with van der Waals surface area (Å²) in [6, 6.07) is 5.47. The third-order valence-corrected chi connectivity index (χ3v) is 3.86. The van der Waals surface area contributed by atoms with E-state index in [-0.39, 0.29) is 5.60 Å². The maximum atomic E-state index is 10.2. The third kappa shape index (κ3) is 2.99. The molecule has 0 aliphatic carbocycles. The van der Waals surface area contributed by atoms with Crippen LogP contribution >= 0.6 is 11.6 Å². The van der Waals surface area contributed by atoms with Crippen molar-refractivity contribution in [3.63, 3.8) is 0 Å². The Balaban J connectivity index is 2.14. The van der Waals surface area contributed by atoms with E-state index in [9.17, 15) is 5.11 Å². The molecule has 0 fully saturated rings. The fourth-order valence-electron chi connectivity index (χ4n) is 2.60. The number of hydrogen-bond donors (Lipinski definition) is 1. The lowest BCUT2D eigenvalue weighted by Gasteiger charge is -2.38. The molecule has 2 rings (SSSR count). The lowest BCUT2D eigenvalue weighted by molar-refractivity contribution is -0.00841. The first-order valence-electron chi connectivity index (χ1n) is 6.70. The van der Waals surface area contributed by atoms with Gasteiger partial charge in [0.1, 0.15) is 11.4 Å². The Labute approximate surface area is 114 Å². The highest BCUT2D eigenvalue weighted by Crippen LogP contribution is 2.42. The lowest BCUT2D eigenvalue weighted by atomic mass is 9.86. The van der Waals surface area contributed by atoms with Crippen molar-refractivity contribution < 1.29 is 9.84 Å². The van der Waals surface area contributed by atoms with Crippen LogP contribution in [0.25, 0.3) is 0 Å². The van der Waals surface area contributed by atoms with E-state index >= 15 is 0 Å². The first-order chi connectivity index (χ1) is 8.54. The topological polar surface area (TPSA) is 29.5 Å². The predicted molar refractivity (Wildman–Crippen MR) is 74.2 cm³/mol. The molecule has 0 amide bonds. The molecule has 1 aromatic carbocycles. The summed E-state index contributed by atoms with van der Waals surface area (Å²) in [6.45, 7) is 4.28. The first kappa shape index (κ1) is 13.7. The molecular formula is C15H21ClO2. The number of aliphatic hydroxyl groups is 1. The number of rotatable bonds is 4. The van der Waals surface area contributed by atoms with Crippen molar-refractivity contribution in [2.75, 3.05) is 0 Å². The van der Waals surface area contributed by atoms with Gasteiger partial charge in [-0.2, -0.15) is 0 Å². The van der Waals surface area contributed by atoms with E-state index in [1.165, 1.54) is 12.8 Å². The monoisotopic (exact) mass is 268 g/mol. The van der Waals surface area contributed by atoms with Gasteiger partial charge in [0, 0.05) is 17.0 Å². The normalized spacial score (nSPS) is 26.6. The van der Waals surface area contributed by atoms with Crippen LogP contribution in [0.1, 0.15) is 57.6 Å². The maximum absolute atomic E-state index is 10.2. The smallest absolute Gasteiger partial charge is 0.126 e. The second-order valence-corrected chi connectivity index (χ2v) is 5.85. The largest absolute Gasteiger partial charge is 0.487 e. The molecule has 1 aliphatic heterocycles. The van der Waals surface area contributed by atoms with Gasteiger partial charge in [-0.3, -0.25) is 0 Å².